The molecule has 1 fully saturated rings. The van der Waals surface area contributed by atoms with Crippen LogP contribution in [0.25, 0.3) is 0 Å². The largest absolute Gasteiger partial charge is 0.506 e. The molecule has 0 aliphatic carbocycles. The summed E-state index contributed by atoms with van der Waals surface area (Å²) in [5.74, 6) is -0.112. The van der Waals surface area contributed by atoms with E-state index >= 15 is 0 Å². The molecule has 1 saturated heterocycles. The van der Waals surface area contributed by atoms with Gasteiger partial charge in [0.25, 0.3) is 5.91 Å². The van der Waals surface area contributed by atoms with Gasteiger partial charge >= 0.3 is 0 Å². The number of phenols is 1. The summed E-state index contributed by atoms with van der Waals surface area (Å²) in [5, 5.41) is 12.6. The van der Waals surface area contributed by atoms with Crippen LogP contribution < -0.4 is 10.1 Å². The van der Waals surface area contributed by atoms with Crippen LogP contribution in [0.3, 0.4) is 0 Å². The van der Waals surface area contributed by atoms with Crippen LogP contribution in [-0.4, -0.2) is 43.9 Å². The molecule has 0 unspecified atom stereocenters. The standard InChI is InChI=1S/C19H22N2O5S/c1-13-5-6-14(11-18(13)26-2)19(23)20-16-12-15(7-8-17(16)22)27(24,25)21-9-3-4-10-21/h5-8,11-12,22H,3-4,9-10H2,1-2H3,(H,20,23). The number of rotatable bonds is 5. The number of ether oxygens (including phenoxy) is 1. The zero-order valence-corrected chi connectivity index (χ0v) is 16.0. The molecule has 144 valence electrons. The minimum atomic E-state index is -3.64. The predicted molar refractivity (Wildman–Crippen MR) is 102 cm³/mol. The number of hydrogen-bond donors (Lipinski definition) is 2. The zero-order chi connectivity index (χ0) is 19.6. The number of phenolic OH excluding ortho intramolecular Hbond substituents is 1. The minimum absolute atomic E-state index is 0.0407. The molecule has 0 radical (unpaired) electrons. The van der Waals surface area contributed by atoms with E-state index in [9.17, 15) is 18.3 Å². The van der Waals surface area contributed by atoms with Crippen LogP contribution in [0, 0.1) is 6.92 Å². The van der Waals surface area contributed by atoms with Crippen molar-refractivity contribution in [1.82, 2.24) is 4.31 Å². The molecule has 0 saturated carbocycles. The molecular weight excluding hydrogens is 368 g/mol. The van der Waals surface area contributed by atoms with E-state index in [1.54, 1.807) is 18.2 Å². The summed E-state index contributed by atoms with van der Waals surface area (Å²) in [5.41, 5.74) is 1.26. The van der Waals surface area contributed by atoms with Crippen molar-refractivity contribution in [3.05, 3.63) is 47.5 Å². The molecule has 1 aliphatic rings. The van der Waals surface area contributed by atoms with Crippen LogP contribution in [0.2, 0.25) is 0 Å². The van der Waals surface area contributed by atoms with E-state index in [2.05, 4.69) is 5.32 Å². The molecule has 0 aromatic heterocycles. The minimum Gasteiger partial charge on any atom is -0.506 e. The highest BCUT2D eigenvalue weighted by atomic mass is 32.2. The van der Waals surface area contributed by atoms with Gasteiger partial charge in [0.05, 0.1) is 17.7 Å². The maximum absolute atomic E-state index is 12.7. The smallest absolute Gasteiger partial charge is 0.255 e. The number of anilines is 1. The Kier molecular flexibility index (Phi) is 5.38. The van der Waals surface area contributed by atoms with Crippen molar-refractivity contribution in [3.63, 3.8) is 0 Å². The molecule has 0 spiro atoms. The first-order valence-corrected chi connectivity index (χ1v) is 10.1. The average molecular weight is 390 g/mol. The third-order valence-electron chi connectivity index (χ3n) is 4.59. The van der Waals surface area contributed by atoms with Gasteiger partial charge < -0.3 is 15.2 Å². The van der Waals surface area contributed by atoms with E-state index in [4.69, 9.17) is 4.74 Å². The van der Waals surface area contributed by atoms with E-state index < -0.39 is 15.9 Å². The van der Waals surface area contributed by atoms with Crippen molar-refractivity contribution in [2.24, 2.45) is 0 Å². The summed E-state index contributed by atoms with van der Waals surface area (Å²) in [7, 11) is -2.13. The monoisotopic (exact) mass is 390 g/mol. The molecule has 1 aliphatic heterocycles. The quantitative estimate of drug-likeness (QED) is 0.766. The van der Waals surface area contributed by atoms with E-state index in [-0.39, 0.29) is 16.3 Å². The van der Waals surface area contributed by atoms with Crippen LogP contribution in [0.15, 0.2) is 41.3 Å². The van der Waals surface area contributed by atoms with Gasteiger partial charge in [-0.05, 0) is 55.7 Å². The number of nitrogens with one attached hydrogen (secondary N) is 1. The molecule has 3 rings (SSSR count). The predicted octanol–water partition coefficient (Wildman–Crippen LogP) is 2.75. The van der Waals surface area contributed by atoms with Crippen LogP contribution in [0.1, 0.15) is 28.8 Å². The van der Waals surface area contributed by atoms with Crippen molar-refractivity contribution in [2.45, 2.75) is 24.7 Å². The summed E-state index contributed by atoms with van der Waals surface area (Å²) >= 11 is 0. The van der Waals surface area contributed by atoms with Gasteiger partial charge in [-0.15, -0.1) is 0 Å². The first kappa shape index (κ1) is 19.2. The first-order valence-electron chi connectivity index (χ1n) is 8.62. The normalized spacial score (nSPS) is 14.9. The van der Waals surface area contributed by atoms with Gasteiger partial charge in [-0.25, -0.2) is 8.42 Å². The van der Waals surface area contributed by atoms with Gasteiger partial charge in [0.15, 0.2) is 0 Å². The molecule has 1 amide bonds. The van der Waals surface area contributed by atoms with Gasteiger partial charge in [-0.3, -0.25) is 4.79 Å². The number of benzene rings is 2. The zero-order valence-electron chi connectivity index (χ0n) is 15.2. The molecule has 7 nitrogen and oxygen atoms in total. The topological polar surface area (TPSA) is 95.9 Å². The fourth-order valence-corrected chi connectivity index (χ4v) is 4.55. The SMILES string of the molecule is COc1cc(C(=O)Nc2cc(S(=O)(=O)N3CCCC3)ccc2O)ccc1C. The number of amides is 1. The third-order valence-corrected chi connectivity index (χ3v) is 6.48. The highest BCUT2D eigenvalue weighted by molar-refractivity contribution is 7.89. The lowest BCUT2D eigenvalue weighted by Crippen LogP contribution is -2.28. The molecule has 2 N–H and O–H groups in total. The van der Waals surface area contributed by atoms with Crippen molar-refractivity contribution < 1.29 is 23.1 Å². The second-order valence-electron chi connectivity index (χ2n) is 6.43. The fraction of sp³-hybridized carbons (Fsp3) is 0.316. The Hall–Kier alpha value is -2.58. The second-order valence-corrected chi connectivity index (χ2v) is 8.37. The first-order chi connectivity index (χ1) is 12.8. The maximum Gasteiger partial charge on any atom is 0.255 e. The summed E-state index contributed by atoms with van der Waals surface area (Å²) in [4.78, 5) is 12.6. The van der Waals surface area contributed by atoms with E-state index in [1.807, 2.05) is 6.92 Å². The number of aryl methyl sites for hydroxylation is 1. The van der Waals surface area contributed by atoms with Crippen LogP contribution >= 0.6 is 0 Å². The van der Waals surface area contributed by atoms with Crippen LogP contribution in [0.5, 0.6) is 11.5 Å². The molecule has 27 heavy (non-hydrogen) atoms. The Balaban J connectivity index is 1.88. The molecule has 1 heterocycles. The molecule has 0 atom stereocenters. The lowest BCUT2D eigenvalue weighted by Gasteiger charge is -2.17. The van der Waals surface area contributed by atoms with Crippen LogP contribution in [-0.2, 0) is 10.0 Å². The molecule has 8 heteroatoms. The number of carbonyl (C=O) groups excluding carboxylic acids is 1. The van der Waals surface area contributed by atoms with Crippen molar-refractivity contribution >= 4 is 21.6 Å². The van der Waals surface area contributed by atoms with E-state index in [0.29, 0.717) is 24.4 Å². The number of sulfonamides is 1. The highest BCUT2D eigenvalue weighted by Gasteiger charge is 2.28. The van der Waals surface area contributed by atoms with Crippen molar-refractivity contribution in [2.75, 3.05) is 25.5 Å². The summed E-state index contributed by atoms with van der Waals surface area (Å²) in [6, 6.07) is 8.87. The Morgan fingerprint density at radius 2 is 1.85 bits per heavy atom. The number of methoxy groups -OCH3 is 1. The Morgan fingerprint density at radius 1 is 1.15 bits per heavy atom. The third kappa shape index (κ3) is 3.91. The van der Waals surface area contributed by atoms with E-state index in [1.165, 1.54) is 29.6 Å². The molecule has 2 aromatic rings. The summed E-state index contributed by atoms with van der Waals surface area (Å²) < 4.78 is 32.0. The van der Waals surface area contributed by atoms with Gasteiger partial charge in [0, 0.05) is 18.7 Å². The van der Waals surface area contributed by atoms with Crippen LogP contribution in [0.4, 0.5) is 5.69 Å². The highest BCUT2D eigenvalue weighted by Crippen LogP contribution is 2.30. The Morgan fingerprint density at radius 3 is 2.52 bits per heavy atom. The fourth-order valence-electron chi connectivity index (χ4n) is 3.01. The van der Waals surface area contributed by atoms with Crippen molar-refractivity contribution in [1.29, 1.82) is 0 Å². The van der Waals surface area contributed by atoms with Gasteiger partial charge in [-0.1, -0.05) is 6.07 Å². The number of nitrogens with zero attached hydrogens (tertiary/aromatic N) is 1. The molecule has 0 bridgehead atoms. The Labute approximate surface area is 158 Å². The Bertz CT molecular complexity index is 966. The second kappa shape index (κ2) is 7.58. The number of aromatic hydroxyl groups is 1. The average Bonchev–Trinajstić information content (AvgIpc) is 3.19. The van der Waals surface area contributed by atoms with Gasteiger partial charge in [0.2, 0.25) is 10.0 Å². The van der Waals surface area contributed by atoms with E-state index in [0.717, 1.165) is 18.4 Å². The molecular formula is C19H22N2O5S. The summed E-state index contributed by atoms with van der Waals surface area (Å²) in [6.45, 7) is 2.82. The van der Waals surface area contributed by atoms with Gasteiger partial charge in [0.1, 0.15) is 11.5 Å². The lowest BCUT2D eigenvalue weighted by molar-refractivity contribution is 0.102. The lowest BCUT2D eigenvalue weighted by atomic mass is 10.1. The van der Waals surface area contributed by atoms with Crippen molar-refractivity contribution in [3.8, 4) is 11.5 Å². The maximum atomic E-state index is 12.7. The number of carbonyl (C=O) groups is 1. The number of hydrogen-bond acceptors (Lipinski definition) is 5. The summed E-state index contributed by atoms with van der Waals surface area (Å²) in [6.07, 6.45) is 1.66. The van der Waals surface area contributed by atoms with Gasteiger partial charge in [-0.2, -0.15) is 4.31 Å². The molecule has 2 aromatic carbocycles.